The quantitative estimate of drug-likeness (QED) is 0.653. The highest BCUT2D eigenvalue weighted by molar-refractivity contribution is 5.80. The van der Waals surface area contributed by atoms with Gasteiger partial charge in [0.15, 0.2) is 0 Å². The number of carbonyl (C=O) groups is 1. The fraction of sp³-hybridized carbons (Fsp3) is 0.667. The first-order valence-electron chi connectivity index (χ1n) is 5.75. The standard InChI is InChI=1S/C9H14N4O/c1-6-3-7(14)4-8(10-6)9-5-13(2)12-11-9/h5-6,8,10H,3-4H2,1-2H3/t6-,8-/m0/s1/i2D2,4+1. The van der Waals surface area contributed by atoms with Crippen LogP contribution in [0.3, 0.4) is 0 Å². The Bertz CT molecular complexity index is 393. The van der Waals surface area contributed by atoms with Crippen LogP contribution in [-0.4, -0.2) is 26.8 Å². The van der Waals surface area contributed by atoms with Gasteiger partial charge in [-0.25, -0.2) is 0 Å². The van der Waals surface area contributed by atoms with Crippen molar-refractivity contribution in [2.24, 2.45) is 7.00 Å². The third-order valence-corrected chi connectivity index (χ3v) is 2.34. The van der Waals surface area contributed by atoms with Gasteiger partial charge in [-0.3, -0.25) is 9.48 Å². The van der Waals surface area contributed by atoms with E-state index >= 15 is 0 Å². The second-order valence-corrected chi connectivity index (χ2v) is 3.69. The molecule has 1 saturated heterocycles. The lowest BCUT2D eigenvalue weighted by molar-refractivity contribution is -0.121. The summed E-state index contributed by atoms with van der Waals surface area (Å²) >= 11 is 0. The number of piperidine rings is 1. The van der Waals surface area contributed by atoms with Crippen molar-refractivity contribution in [2.45, 2.75) is 31.8 Å². The summed E-state index contributed by atoms with van der Waals surface area (Å²) in [6.45, 7) is 0.754. The second kappa shape index (κ2) is 3.49. The zero-order valence-electron chi connectivity index (χ0n) is 9.97. The topological polar surface area (TPSA) is 59.8 Å². The molecule has 0 saturated carbocycles. The molecule has 0 unspecified atom stereocenters. The van der Waals surface area contributed by atoms with Crippen molar-refractivity contribution in [1.29, 1.82) is 0 Å². The lowest BCUT2D eigenvalue weighted by atomic mass is 10.1. The number of carbonyl (C=O) groups excluding carboxylic acids is 1. The summed E-state index contributed by atoms with van der Waals surface area (Å²) in [5.41, 5.74) is 0.629. The van der Waals surface area contributed by atoms with E-state index in [2.05, 4.69) is 15.6 Å². The number of ketones is 1. The SMILES string of the molecule is [2H]C([2H])n1cc([C@@H]2[13CH2]C(=O)C[C@H](C)N2)nn1. The largest absolute Gasteiger partial charge is 0.305 e. The summed E-state index contributed by atoms with van der Waals surface area (Å²) in [5.74, 6) is 0.207. The first-order chi connectivity index (χ1) is 7.56. The predicted molar refractivity (Wildman–Crippen MR) is 50.6 cm³/mol. The van der Waals surface area contributed by atoms with Crippen molar-refractivity contribution in [3.63, 3.8) is 0 Å². The Morgan fingerprint density at radius 1 is 1.71 bits per heavy atom. The summed E-state index contributed by atoms with van der Waals surface area (Å²) in [6.07, 6.45) is 2.50. The third kappa shape index (κ3) is 1.82. The van der Waals surface area contributed by atoms with Gasteiger partial charge in [-0.05, 0) is 6.92 Å². The molecule has 1 fully saturated rings. The number of aromatic nitrogens is 3. The van der Waals surface area contributed by atoms with Crippen LogP contribution in [0.5, 0.6) is 0 Å². The molecule has 14 heavy (non-hydrogen) atoms. The van der Waals surface area contributed by atoms with E-state index in [9.17, 15) is 4.79 Å². The summed E-state index contributed by atoms with van der Waals surface area (Å²) in [7, 11) is 0. The molecule has 2 heterocycles. The van der Waals surface area contributed by atoms with Gasteiger partial charge in [-0.1, -0.05) is 5.21 Å². The smallest absolute Gasteiger partial charge is 0.136 e. The maximum Gasteiger partial charge on any atom is 0.136 e. The van der Waals surface area contributed by atoms with Crippen LogP contribution < -0.4 is 5.32 Å². The number of Topliss-reactive ketones (excluding diaryl/α,β-unsaturated/α-hetero) is 1. The van der Waals surface area contributed by atoms with Crippen LogP contribution in [0, 0.1) is 0 Å². The van der Waals surface area contributed by atoms with E-state index in [1.54, 1.807) is 6.20 Å². The van der Waals surface area contributed by atoms with Crippen molar-refractivity contribution >= 4 is 5.78 Å². The van der Waals surface area contributed by atoms with Crippen molar-refractivity contribution in [1.82, 2.24) is 20.3 Å². The van der Waals surface area contributed by atoms with Gasteiger partial charge in [0, 0.05) is 34.8 Å². The number of hydrogen-bond acceptors (Lipinski definition) is 4. The molecule has 5 heteroatoms. The van der Waals surface area contributed by atoms with Gasteiger partial charge in [-0.2, -0.15) is 0 Å². The normalized spacial score (nSPS) is 30.3. The fourth-order valence-corrected chi connectivity index (χ4v) is 1.75. The fourth-order valence-electron chi connectivity index (χ4n) is 1.75. The molecular formula is C9H14N4O. The van der Waals surface area contributed by atoms with Crippen LogP contribution in [-0.2, 0) is 11.8 Å². The molecule has 0 amide bonds. The van der Waals surface area contributed by atoms with Crippen LogP contribution >= 0.6 is 0 Å². The van der Waals surface area contributed by atoms with Gasteiger partial charge in [0.05, 0.1) is 6.04 Å². The highest BCUT2D eigenvalue weighted by atomic mass is 16.1. The first kappa shape index (κ1) is 7.11. The molecular weight excluding hydrogens is 181 g/mol. The van der Waals surface area contributed by atoms with E-state index in [4.69, 9.17) is 2.74 Å². The zero-order chi connectivity index (χ0) is 11.7. The van der Waals surface area contributed by atoms with Crippen LogP contribution in [0.15, 0.2) is 6.20 Å². The highest BCUT2D eigenvalue weighted by Crippen LogP contribution is 2.21. The first-order valence-corrected chi connectivity index (χ1v) is 4.60. The minimum Gasteiger partial charge on any atom is -0.305 e. The predicted octanol–water partition coefficient (Wildman–Crippen LogP) is 0.197. The molecule has 76 valence electrons. The molecule has 0 bridgehead atoms. The van der Waals surface area contributed by atoms with Crippen LogP contribution in [0.1, 0.15) is 34.2 Å². The molecule has 1 N–H and O–H groups in total. The van der Waals surface area contributed by atoms with Gasteiger partial charge >= 0.3 is 0 Å². The van der Waals surface area contributed by atoms with Crippen LogP contribution in [0.2, 0.25) is 0 Å². The Balaban J connectivity index is 2.13. The Morgan fingerprint density at radius 3 is 3.21 bits per heavy atom. The molecule has 2 atom stereocenters. The number of aryl methyl sites for hydroxylation is 1. The molecule has 1 aliphatic rings. The van der Waals surface area contributed by atoms with Crippen LogP contribution in [0.4, 0.5) is 0 Å². The van der Waals surface area contributed by atoms with E-state index in [1.165, 1.54) is 0 Å². The average molecular weight is 197 g/mol. The second-order valence-electron chi connectivity index (χ2n) is 3.69. The summed E-state index contributed by atoms with van der Waals surface area (Å²) in [5, 5.41) is 10.8. The van der Waals surface area contributed by atoms with Crippen molar-refractivity contribution < 1.29 is 7.54 Å². The summed E-state index contributed by atoms with van der Waals surface area (Å²) < 4.78 is 15.5. The van der Waals surface area contributed by atoms with E-state index < -0.39 is 7.00 Å². The van der Waals surface area contributed by atoms with E-state index in [0.29, 0.717) is 18.5 Å². The minimum absolute atomic E-state index is 0.135. The van der Waals surface area contributed by atoms with Crippen molar-refractivity contribution in [2.75, 3.05) is 0 Å². The van der Waals surface area contributed by atoms with Gasteiger partial charge in [0.1, 0.15) is 11.5 Å². The van der Waals surface area contributed by atoms with Gasteiger partial charge in [0.25, 0.3) is 0 Å². The van der Waals surface area contributed by atoms with E-state index in [0.717, 1.165) is 4.68 Å². The number of nitrogens with one attached hydrogen (secondary N) is 1. The van der Waals surface area contributed by atoms with Crippen molar-refractivity contribution in [3.05, 3.63) is 11.9 Å². The zero-order valence-corrected chi connectivity index (χ0v) is 7.97. The number of nitrogens with zero attached hydrogens (tertiary/aromatic N) is 3. The number of rotatable bonds is 1. The third-order valence-electron chi connectivity index (χ3n) is 2.34. The molecule has 1 aromatic rings. The van der Waals surface area contributed by atoms with E-state index in [1.807, 2.05) is 6.92 Å². The molecule has 1 aromatic heterocycles. The van der Waals surface area contributed by atoms with Crippen molar-refractivity contribution in [3.8, 4) is 0 Å². The molecule has 0 aromatic carbocycles. The Labute approximate surface area is 85.3 Å². The number of hydrogen-bond donors (Lipinski definition) is 1. The Morgan fingerprint density at radius 2 is 2.57 bits per heavy atom. The maximum atomic E-state index is 11.4. The molecule has 0 spiro atoms. The Kier molecular flexibility index (Phi) is 1.77. The lowest BCUT2D eigenvalue weighted by Gasteiger charge is -2.26. The van der Waals surface area contributed by atoms with Gasteiger partial charge in [0.2, 0.25) is 0 Å². The maximum absolute atomic E-state index is 11.4. The Hall–Kier alpha value is -1.23. The highest BCUT2D eigenvalue weighted by Gasteiger charge is 2.26. The molecule has 5 nitrogen and oxygen atoms in total. The molecule has 2 rings (SSSR count). The molecule has 1 aliphatic heterocycles. The van der Waals surface area contributed by atoms with Gasteiger partial charge < -0.3 is 5.32 Å². The monoisotopic (exact) mass is 197 g/mol. The average Bonchev–Trinajstić information content (AvgIpc) is 2.64. The van der Waals surface area contributed by atoms with Gasteiger partial charge in [-0.15, -0.1) is 5.10 Å². The summed E-state index contributed by atoms with van der Waals surface area (Å²) in [4.78, 5) is 11.4. The lowest BCUT2D eigenvalue weighted by Crippen LogP contribution is -2.39. The molecule has 0 radical (unpaired) electrons. The van der Waals surface area contributed by atoms with Crippen LogP contribution in [0.25, 0.3) is 0 Å². The summed E-state index contributed by atoms with van der Waals surface area (Å²) in [6, 6.07) is 0.00273. The van der Waals surface area contributed by atoms with E-state index in [-0.39, 0.29) is 17.9 Å². The minimum atomic E-state index is -1.20. The molecule has 0 aliphatic carbocycles.